The Kier molecular flexibility index (Phi) is 5.47. The van der Waals surface area contributed by atoms with Crippen molar-refractivity contribution in [3.05, 3.63) is 120 Å². The van der Waals surface area contributed by atoms with Crippen LogP contribution in [-0.2, 0) is 0 Å². The number of rotatable bonds is 6. The molecule has 0 unspecified atom stereocenters. The van der Waals surface area contributed by atoms with E-state index >= 15 is 0 Å². The second-order valence-corrected chi connectivity index (χ2v) is 9.56. The van der Waals surface area contributed by atoms with Crippen LogP contribution in [-0.4, -0.2) is 18.4 Å². The lowest BCUT2D eigenvalue weighted by Gasteiger charge is -2.28. The summed E-state index contributed by atoms with van der Waals surface area (Å²) in [6.07, 6.45) is 7.08. The highest BCUT2D eigenvalue weighted by molar-refractivity contribution is 7.99. The number of imide groups is 1. The molecule has 4 aromatic carbocycles. The molecule has 2 aliphatic rings. The van der Waals surface area contributed by atoms with Crippen molar-refractivity contribution >= 4 is 40.0 Å². The van der Waals surface area contributed by atoms with E-state index < -0.39 is 0 Å². The largest absolute Gasteiger partial charge is 0.489 e. The van der Waals surface area contributed by atoms with Gasteiger partial charge in [0.05, 0.1) is 5.69 Å². The number of anilines is 1. The van der Waals surface area contributed by atoms with Gasteiger partial charge in [0.1, 0.15) is 12.4 Å². The lowest BCUT2D eigenvalue weighted by molar-refractivity contribution is 0.0893. The molecule has 0 atom stereocenters. The number of ether oxygens (including phenoxy) is 1. The molecule has 4 nitrogen and oxygen atoms in total. The van der Waals surface area contributed by atoms with Crippen molar-refractivity contribution in [3.63, 3.8) is 0 Å². The Labute approximate surface area is 207 Å². The van der Waals surface area contributed by atoms with E-state index in [1.165, 1.54) is 10.5 Å². The van der Waals surface area contributed by atoms with Crippen LogP contribution in [0.15, 0.2) is 119 Å². The second kappa shape index (κ2) is 8.93. The molecule has 0 bridgehead atoms. The van der Waals surface area contributed by atoms with Gasteiger partial charge in [0.2, 0.25) is 0 Å². The first-order valence-electron chi connectivity index (χ1n) is 11.4. The molecule has 0 radical (unpaired) electrons. The maximum atomic E-state index is 13.5. The fourth-order valence-electron chi connectivity index (χ4n) is 4.47. The quantitative estimate of drug-likeness (QED) is 0.280. The number of amides is 2. The van der Waals surface area contributed by atoms with Crippen LogP contribution in [0.25, 0.3) is 10.8 Å². The van der Waals surface area contributed by atoms with Gasteiger partial charge in [-0.3, -0.25) is 9.59 Å². The number of benzene rings is 4. The van der Waals surface area contributed by atoms with Gasteiger partial charge in [0.25, 0.3) is 11.8 Å². The molecule has 0 saturated carbocycles. The smallest absolute Gasteiger partial charge is 0.265 e. The number of hydrogen-bond acceptors (Lipinski definition) is 4. The summed E-state index contributed by atoms with van der Waals surface area (Å²) in [5, 5.41) is 1.63. The van der Waals surface area contributed by atoms with Crippen LogP contribution in [0.2, 0.25) is 0 Å². The molecule has 0 spiro atoms. The predicted octanol–water partition coefficient (Wildman–Crippen LogP) is 7.06. The van der Waals surface area contributed by atoms with Crippen LogP contribution >= 0.6 is 11.8 Å². The van der Waals surface area contributed by atoms with Crippen molar-refractivity contribution < 1.29 is 14.3 Å². The average molecular weight is 476 g/mol. The normalized spacial score (nSPS) is 14.5. The van der Waals surface area contributed by atoms with Crippen molar-refractivity contribution in [1.82, 2.24) is 0 Å². The van der Waals surface area contributed by atoms with E-state index in [1.54, 1.807) is 42.1 Å². The predicted molar refractivity (Wildman–Crippen MR) is 139 cm³/mol. The minimum absolute atomic E-state index is 0.314. The zero-order chi connectivity index (χ0) is 23.8. The summed E-state index contributed by atoms with van der Waals surface area (Å²) in [5.74, 6) is 0.0696. The van der Waals surface area contributed by atoms with Gasteiger partial charge in [-0.2, -0.15) is 0 Å². The van der Waals surface area contributed by atoms with E-state index in [0.717, 1.165) is 27.0 Å². The Hall–Kier alpha value is -4.09. The Morgan fingerprint density at radius 2 is 1.57 bits per heavy atom. The Morgan fingerprint density at radius 3 is 2.31 bits per heavy atom. The van der Waals surface area contributed by atoms with Gasteiger partial charge in [-0.05, 0) is 72.0 Å². The van der Waals surface area contributed by atoms with Crippen molar-refractivity contribution in [1.29, 1.82) is 0 Å². The van der Waals surface area contributed by atoms with Crippen molar-refractivity contribution in [2.75, 3.05) is 11.5 Å². The van der Waals surface area contributed by atoms with E-state index in [4.69, 9.17) is 4.74 Å². The molecule has 0 fully saturated rings. The summed E-state index contributed by atoms with van der Waals surface area (Å²) in [7, 11) is 0. The minimum atomic E-state index is -0.314. The third-order valence-corrected chi connectivity index (χ3v) is 7.29. The summed E-state index contributed by atoms with van der Waals surface area (Å²) < 4.78 is 5.85. The maximum absolute atomic E-state index is 13.5. The zero-order valence-electron chi connectivity index (χ0n) is 18.8. The molecule has 2 amide bonds. The zero-order valence-corrected chi connectivity index (χ0v) is 19.6. The van der Waals surface area contributed by atoms with Gasteiger partial charge in [-0.15, -0.1) is 0 Å². The van der Waals surface area contributed by atoms with E-state index in [-0.39, 0.29) is 11.8 Å². The Morgan fingerprint density at radius 1 is 0.800 bits per heavy atom. The summed E-state index contributed by atoms with van der Waals surface area (Å²) >= 11 is 1.63. The van der Waals surface area contributed by atoms with E-state index in [2.05, 4.69) is 12.2 Å². The molecular weight excluding hydrogens is 454 g/mol. The average Bonchev–Trinajstić information content (AvgIpc) is 3.42. The van der Waals surface area contributed by atoms with Gasteiger partial charge in [-0.1, -0.05) is 60.3 Å². The SMILES string of the molecule is O=C1c2cccc3c(Sc4ccccc4)ccc(c23)C(=O)N1c1ccc(OCC2=CC=CC2)cc1. The summed E-state index contributed by atoms with van der Waals surface area (Å²) in [4.78, 5) is 30.4. The monoisotopic (exact) mass is 475 g/mol. The molecule has 5 heteroatoms. The number of allylic oxidation sites excluding steroid dienone is 3. The molecule has 0 N–H and O–H groups in total. The third kappa shape index (κ3) is 3.94. The topological polar surface area (TPSA) is 46.6 Å². The molecule has 1 heterocycles. The van der Waals surface area contributed by atoms with Crippen LogP contribution in [0, 0.1) is 0 Å². The maximum Gasteiger partial charge on any atom is 0.265 e. The highest BCUT2D eigenvalue weighted by atomic mass is 32.2. The first-order valence-corrected chi connectivity index (χ1v) is 12.3. The Balaban J connectivity index is 1.31. The molecule has 170 valence electrons. The fourth-order valence-corrected chi connectivity index (χ4v) is 5.44. The number of carbonyl (C=O) groups is 2. The van der Waals surface area contributed by atoms with Crippen LogP contribution in [0.4, 0.5) is 5.69 Å². The fraction of sp³-hybridized carbons (Fsp3) is 0.0667. The highest BCUT2D eigenvalue weighted by Gasteiger charge is 2.34. The first kappa shape index (κ1) is 21.4. The summed E-state index contributed by atoms with van der Waals surface area (Å²) in [6, 6.07) is 26.7. The lowest BCUT2D eigenvalue weighted by Crippen LogP contribution is -2.40. The number of carbonyl (C=O) groups excluding carboxylic acids is 2. The molecule has 4 aromatic rings. The van der Waals surface area contributed by atoms with Gasteiger partial charge in [-0.25, -0.2) is 4.90 Å². The molecular formula is C30H21NO3S. The highest BCUT2D eigenvalue weighted by Crippen LogP contribution is 2.39. The second-order valence-electron chi connectivity index (χ2n) is 8.44. The van der Waals surface area contributed by atoms with Gasteiger partial charge in [0, 0.05) is 26.3 Å². The summed E-state index contributed by atoms with van der Waals surface area (Å²) in [6.45, 7) is 0.520. The molecule has 1 aliphatic carbocycles. The van der Waals surface area contributed by atoms with Gasteiger partial charge < -0.3 is 4.74 Å². The van der Waals surface area contributed by atoms with Crippen molar-refractivity contribution in [2.45, 2.75) is 16.2 Å². The van der Waals surface area contributed by atoms with Crippen LogP contribution in [0.3, 0.4) is 0 Å². The summed E-state index contributed by atoms with van der Waals surface area (Å²) in [5.41, 5.74) is 2.81. The van der Waals surface area contributed by atoms with Gasteiger partial charge in [0.15, 0.2) is 0 Å². The molecule has 6 rings (SSSR count). The number of hydrogen-bond donors (Lipinski definition) is 0. The number of nitrogens with zero attached hydrogens (tertiary/aromatic N) is 1. The van der Waals surface area contributed by atoms with Crippen molar-refractivity contribution in [2.24, 2.45) is 0 Å². The van der Waals surface area contributed by atoms with E-state index in [1.807, 2.05) is 60.7 Å². The van der Waals surface area contributed by atoms with E-state index in [0.29, 0.717) is 29.2 Å². The molecule has 0 saturated heterocycles. The van der Waals surface area contributed by atoms with Crippen molar-refractivity contribution in [3.8, 4) is 5.75 Å². The third-order valence-electron chi connectivity index (χ3n) is 6.21. The first-order chi connectivity index (χ1) is 17.2. The molecule has 1 aliphatic heterocycles. The van der Waals surface area contributed by atoms with Crippen LogP contribution < -0.4 is 9.64 Å². The van der Waals surface area contributed by atoms with E-state index in [9.17, 15) is 9.59 Å². The standard InChI is InChI=1S/C30H21NO3S/c32-29-25-12-6-11-24-27(35-23-9-2-1-3-10-23)18-17-26(28(24)25)30(33)31(29)21-13-15-22(16-14-21)34-19-20-7-4-5-8-20/h1-7,9-18H,8,19H2. The molecule has 35 heavy (non-hydrogen) atoms. The lowest BCUT2D eigenvalue weighted by atomic mass is 9.93. The Bertz CT molecular complexity index is 1500. The van der Waals surface area contributed by atoms with Gasteiger partial charge >= 0.3 is 0 Å². The minimum Gasteiger partial charge on any atom is -0.489 e. The van der Waals surface area contributed by atoms with Crippen LogP contribution in [0.1, 0.15) is 27.1 Å². The molecule has 0 aromatic heterocycles. The van der Waals surface area contributed by atoms with Crippen LogP contribution in [0.5, 0.6) is 5.75 Å².